The van der Waals surface area contributed by atoms with Crippen molar-refractivity contribution in [1.29, 1.82) is 0 Å². The van der Waals surface area contributed by atoms with Crippen LogP contribution in [-0.4, -0.2) is 50.2 Å². The van der Waals surface area contributed by atoms with E-state index in [4.69, 9.17) is 0 Å². The van der Waals surface area contributed by atoms with Gasteiger partial charge < -0.3 is 9.80 Å². The van der Waals surface area contributed by atoms with E-state index in [-0.39, 0.29) is 23.9 Å². The van der Waals surface area contributed by atoms with E-state index in [1.165, 1.54) is 0 Å². The summed E-state index contributed by atoms with van der Waals surface area (Å²) in [4.78, 5) is 37.3. The topological polar surface area (TPSA) is 66.4 Å². The maximum Gasteiger partial charge on any atom is 0.272 e. The lowest BCUT2D eigenvalue weighted by Gasteiger charge is -2.39. The Bertz CT molecular complexity index is 766. The van der Waals surface area contributed by atoms with Crippen LogP contribution in [0.2, 0.25) is 0 Å². The second kappa shape index (κ2) is 6.63. The van der Waals surface area contributed by atoms with Gasteiger partial charge in [-0.15, -0.1) is 0 Å². The van der Waals surface area contributed by atoms with Crippen LogP contribution < -0.4 is 0 Å². The Morgan fingerprint density at radius 3 is 2.68 bits per heavy atom. The molecule has 25 heavy (non-hydrogen) atoms. The third kappa shape index (κ3) is 2.99. The fraction of sp³-hybridized carbons (Fsp3) is 0.368. The predicted molar refractivity (Wildman–Crippen MR) is 91.5 cm³/mol. The molecule has 0 spiro atoms. The number of carbonyl (C=O) groups excluding carboxylic acids is 2. The molecule has 0 saturated carbocycles. The zero-order valence-corrected chi connectivity index (χ0v) is 13.9. The molecule has 0 aromatic carbocycles. The molecule has 0 bridgehead atoms. The van der Waals surface area contributed by atoms with Gasteiger partial charge in [0.15, 0.2) is 0 Å². The largest absolute Gasteiger partial charge is 0.333 e. The van der Waals surface area contributed by atoms with Gasteiger partial charge in [-0.25, -0.2) is 0 Å². The van der Waals surface area contributed by atoms with Crippen LogP contribution in [0.5, 0.6) is 0 Å². The molecule has 0 unspecified atom stereocenters. The lowest BCUT2D eigenvalue weighted by Crippen LogP contribution is -2.52. The van der Waals surface area contributed by atoms with Gasteiger partial charge in [0.2, 0.25) is 5.91 Å². The van der Waals surface area contributed by atoms with E-state index < -0.39 is 0 Å². The van der Waals surface area contributed by atoms with Gasteiger partial charge in [-0.3, -0.25) is 19.6 Å². The van der Waals surface area contributed by atoms with Crippen LogP contribution in [0.25, 0.3) is 0 Å². The summed E-state index contributed by atoms with van der Waals surface area (Å²) in [6, 6.07) is 9.41. The van der Waals surface area contributed by atoms with E-state index >= 15 is 0 Å². The number of nitrogens with zero attached hydrogens (tertiary/aromatic N) is 4. The number of hydrogen-bond donors (Lipinski definition) is 0. The van der Waals surface area contributed by atoms with Crippen molar-refractivity contribution < 1.29 is 9.59 Å². The second-order valence-electron chi connectivity index (χ2n) is 6.55. The van der Waals surface area contributed by atoms with Crippen molar-refractivity contribution >= 4 is 11.8 Å². The fourth-order valence-electron chi connectivity index (χ4n) is 3.93. The molecule has 6 nitrogen and oxygen atoms in total. The van der Waals surface area contributed by atoms with Crippen molar-refractivity contribution in [1.82, 2.24) is 19.8 Å². The van der Waals surface area contributed by atoms with Gasteiger partial charge in [0.25, 0.3) is 5.91 Å². The molecule has 0 N–H and O–H groups in total. The monoisotopic (exact) mass is 336 g/mol. The number of aromatic nitrogens is 2. The molecule has 2 amide bonds. The number of piperidine rings is 1. The Morgan fingerprint density at radius 2 is 1.92 bits per heavy atom. The molecule has 4 heterocycles. The van der Waals surface area contributed by atoms with Crippen LogP contribution in [0, 0.1) is 0 Å². The van der Waals surface area contributed by atoms with Crippen LogP contribution >= 0.6 is 0 Å². The number of fused-ring (bicyclic) bond motifs is 1. The summed E-state index contributed by atoms with van der Waals surface area (Å²) in [5.41, 5.74) is 1.54. The highest BCUT2D eigenvalue weighted by Gasteiger charge is 2.45. The van der Waals surface area contributed by atoms with Crippen molar-refractivity contribution in [2.45, 2.75) is 37.9 Å². The summed E-state index contributed by atoms with van der Waals surface area (Å²) in [5.74, 6) is 0.136. The zero-order chi connectivity index (χ0) is 17.2. The molecule has 2 aliphatic heterocycles. The minimum atomic E-state index is -0.0358. The van der Waals surface area contributed by atoms with Crippen LogP contribution in [0.1, 0.15) is 35.3 Å². The Hall–Kier alpha value is -2.76. The molecule has 128 valence electrons. The third-order valence-corrected chi connectivity index (χ3v) is 5.13. The molecule has 2 atom stereocenters. The van der Waals surface area contributed by atoms with Gasteiger partial charge in [0.05, 0.1) is 12.1 Å². The quantitative estimate of drug-likeness (QED) is 0.858. The minimum absolute atomic E-state index is 0.0358. The molecule has 2 saturated heterocycles. The van der Waals surface area contributed by atoms with E-state index in [0.29, 0.717) is 25.2 Å². The van der Waals surface area contributed by atoms with Crippen LogP contribution in [-0.2, 0) is 11.3 Å². The van der Waals surface area contributed by atoms with E-state index in [1.807, 2.05) is 28.0 Å². The van der Waals surface area contributed by atoms with Crippen LogP contribution in [0.15, 0.2) is 48.9 Å². The van der Waals surface area contributed by atoms with E-state index in [2.05, 4.69) is 9.97 Å². The average Bonchev–Trinajstić information content (AvgIpc) is 3.09. The van der Waals surface area contributed by atoms with Gasteiger partial charge in [0, 0.05) is 38.1 Å². The molecule has 0 radical (unpaired) electrons. The highest BCUT2D eigenvalue weighted by atomic mass is 16.2. The Morgan fingerprint density at radius 1 is 1.08 bits per heavy atom. The number of amides is 2. The molecule has 0 aliphatic carbocycles. The Kier molecular flexibility index (Phi) is 4.17. The smallest absolute Gasteiger partial charge is 0.272 e. The van der Waals surface area contributed by atoms with E-state index in [9.17, 15) is 9.59 Å². The number of rotatable bonds is 3. The summed E-state index contributed by atoms with van der Waals surface area (Å²) in [6.07, 6.45) is 7.16. The maximum atomic E-state index is 12.8. The summed E-state index contributed by atoms with van der Waals surface area (Å²) in [6.45, 7) is 1.25. The highest BCUT2D eigenvalue weighted by molar-refractivity contribution is 5.93. The van der Waals surface area contributed by atoms with Gasteiger partial charge in [-0.05, 0) is 42.7 Å². The first-order chi connectivity index (χ1) is 12.2. The fourth-order valence-corrected chi connectivity index (χ4v) is 3.93. The summed E-state index contributed by atoms with van der Waals surface area (Å²) in [7, 11) is 0. The third-order valence-electron chi connectivity index (χ3n) is 5.13. The molecule has 2 fully saturated rings. The van der Waals surface area contributed by atoms with E-state index in [0.717, 1.165) is 18.4 Å². The first kappa shape index (κ1) is 15.7. The molecular formula is C19H20N4O2. The number of likely N-dealkylation sites (tertiary alicyclic amines) is 2. The van der Waals surface area contributed by atoms with Crippen molar-refractivity contribution in [3.8, 4) is 0 Å². The average molecular weight is 336 g/mol. The molecular weight excluding hydrogens is 316 g/mol. The van der Waals surface area contributed by atoms with Crippen LogP contribution in [0.4, 0.5) is 0 Å². The Labute approximate surface area is 146 Å². The minimum Gasteiger partial charge on any atom is -0.333 e. The number of hydrogen-bond acceptors (Lipinski definition) is 4. The predicted octanol–water partition coefficient (Wildman–Crippen LogP) is 1.88. The van der Waals surface area contributed by atoms with Crippen molar-refractivity contribution in [3.63, 3.8) is 0 Å². The second-order valence-corrected chi connectivity index (χ2v) is 6.55. The molecule has 4 rings (SSSR count). The van der Waals surface area contributed by atoms with Crippen molar-refractivity contribution in [2.75, 3.05) is 6.54 Å². The SMILES string of the molecule is O=C1CC[C@H]2[C@H](CCN2C(=O)c2ccccn2)N1Cc1ccncc1. The van der Waals surface area contributed by atoms with Gasteiger partial charge in [0.1, 0.15) is 5.69 Å². The molecule has 2 aromatic rings. The number of pyridine rings is 2. The molecule has 2 aliphatic rings. The van der Waals surface area contributed by atoms with Crippen LogP contribution in [0.3, 0.4) is 0 Å². The summed E-state index contributed by atoms with van der Waals surface area (Å²) >= 11 is 0. The van der Waals surface area contributed by atoms with E-state index in [1.54, 1.807) is 30.7 Å². The molecule has 6 heteroatoms. The summed E-state index contributed by atoms with van der Waals surface area (Å²) < 4.78 is 0. The first-order valence-corrected chi connectivity index (χ1v) is 8.64. The normalized spacial score (nSPS) is 22.8. The summed E-state index contributed by atoms with van der Waals surface area (Å²) in [5, 5.41) is 0. The number of carbonyl (C=O) groups is 2. The lowest BCUT2D eigenvalue weighted by molar-refractivity contribution is -0.138. The standard InChI is InChI=1S/C19H20N4O2/c24-18-5-4-16-17(23(18)13-14-6-10-20-11-7-14)8-12-22(16)19(25)15-3-1-2-9-21-15/h1-3,6-7,9-11,16-17H,4-5,8,12-13H2/t16-,17-/m0/s1. The van der Waals surface area contributed by atoms with Gasteiger partial charge >= 0.3 is 0 Å². The molecule has 2 aromatic heterocycles. The van der Waals surface area contributed by atoms with Crippen molar-refractivity contribution in [2.24, 2.45) is 0 Å². The van der Waals surface area contributed by atoms with Gasteiger partial charge in [-0.2, -0.15) is 0 Å². The highest BCUT2D eigenvalue weighted by Crippen LogP contribution is 2.33. The van der Waals surface area contributed by atoms with Crippen molar-refractivity contribution in [3.05, 3.63) is 60.2 Å². The Balaban J connectivity index is 1.54. The lowest BCUT2D eigenvalue weighted by atomic mass is 9.95. The van der Waals surface area contributed by atoms with Gasteiger partial charge in [-0.1, -0.05) is 6.07 Å². The zero-order valence-electron chi connectivity index (χ0n) is 13.9. The maximum absolute atomic E-state index is 12.8. The first-order valence-electron chi connectivity index (χ1n) is 8.64.